The molecule has 0 saturated carbocycles. The van der Waals surface area contributed by atoms with Gasteiger partial charge >= 0.3 is 0 Å². The van der Waals surface area contributed by atoms with E-state index in [-0.39, 0.29) is 36.8 Å². The third-order valence-electron chi connectivity index (χ3n) is 5.46. The van der Waals surface area contributed by atoms with Crippen molar-refractivity contribution in [3.05, 3.63) is 88.8 Å². The highest BCUT2D eigenvalue weighted by molar-refractivity contribution is 8.18. The maximum absolute atomic E-state index is 12.8. The van der Waals surface area contributed by atoms with Crippen molar-refractivity contribution in [1.29, 1.82) is 0 Å². The Morgan fingerprint density at radius 2 is 1.73 bits per heavy atom. The third kappa shape index (κ3) is 6.71. The molecule has 0 radical (unpaired) electrons. The molecule has 37 heavy (non-hydrogen) atoms. The lowest BCUT2D eigenvalue weighted by Crippen LogP contribution is -2.32. The number of nitrogens with zero attached hydrogens (tertiary/aromatic N) is 1. The van der Waals surface area contributed by atoms with Crippen LogP contribution < -0.4 is 19.5 Å². The Balaban J connectivity index is 1.33. The van der Waals surface area contributed by atoms with Gasteiger partial charge in [-0.2, -0.15) is 0 Å². The van der Waals surface area contributed by atoms with Gasteiger partial charge in [0.2, 0.25) is 0 Å². The zero-order valence-corrected chi connectivity index (χ0v) is 21.2. The van der Waals surface area contributed by atoms with E-state index in [2.05, 4.69) is 5.32 Å². The second-order valence-electron chi connectivity index (χ2n) is 8.06. The number of rotatable bonds is 10. The summed E-state index contributed by atoms with van der Waals surface area (Å²) in [5, 5.41) is 2.46. The van der Waals surface area contributed by atoms with Crippen LogP contribution in [0.2, 0.25) is 0 Å². The molecule has 1 heterocycles. The number of carbonyl (C=O) groups excluding carboxylic acids is 3. The van der Waals surface area contributed by atoms with E-state index >= 15 is 0 Å². The molecule has 0 aromatic heterocycles. The summed E-state index contributed by atoms with van der Waals surface area (Å²) in [6.45, 7) is 1.99. The second kappa shape index (κ2) is 12.1. The molecule has 1 saturated heterocycles. The molecule has 1 aliphatic rings. The number of benzene rings is 3. The van der Waals surface area contributed by atoms with E-state index in [4.69, 9.17) is 14.2 Å². The lowest BCUT2D eigenvalue weighted by Gasteiger charge is -2.14. The Bertz CT molecular complexity index is 1340. The van der Waals surface area contributed by atoms with Gasteiger partial charge in [0.1, 0.15) is 12.4 Å². The normalized spacial score (nSPS) is 14.1. The van der Waals surface area contributed by atoms with Crippen molar-refractivity contribution in [1.82, 2.24) is 4.90 Å². The summed E-state index contributed by atoms with van der Waals surface area (Å²) < 4.78 is 16.6. The number of aryl methyl sites for hydroxylation is 1. The van der Waals surface area contributed by atoms with Crippen molar-refractivity contribution in [2.75, 3.05) is 32.2 Å². The highest BCUT2D eigenvalue weighted by atomic mass is 32.2. The van der Waals surface area contributed by atoms with Gasteiger partial charge in [-0.25, -0.2) is 0 Å². The molecule has 3 aromatic carbocycles. The van der Waals surface area contributed by atoms with Crippen LogP contribution >= 0.6 is 11.8 Å². The Labute approximate surface area is 219 Å². The van der Waals surface area contributed by atoms with Crippen LogP contribution in [0.4, 0.5) is 10.5 Å². The number of para-hydroxylation sites is 3. The Kier molecular flexibility index (Phi) is 8.48. The molecule has 1 aliphatic heterocycles. The first-order chi connectivity index (χ1) is 17.9. The van der Waals surface area contributed by atoms with E-state index in [9.17, 15) is 14.4 Å². The molecule has 3 amide bonds. The van der Waals surface area contributed by atoms with Crippen LogP contribution in [0.5, 0.6) is 17.2 Å². The fourth-order valence-corrected chi connectivity index (χ4v) is 4.44. The van der Waals surface area contributed by atoms with Gasteiger partial charge in [0.15, 0.2) is 18.1 Å². The summed E-state index contributed by atoms with van der Waals surface area (Å²) in [5.41, 5.74) is 2.36. The molecule has 4 rings (SSSR count). The summed E-state index contributed by atoms with van der Waals surface area (Å²) in [5.74, 6) is 0.917. The zero-order valence-electron chi connectivity index (χ0n) is 20.4. The van der Waals surface area contributed by atoms with Crippen LogP contribution in [0, 0.1) is 6.92 Å². The lowest BCUT2D eigenvalue weighted by atomic mass is 10.2. The highest BCUT2D eigenvalue weighted by Crippen LogP contribution is 2.33. The van der Waals surface area contributed by atoms with Crippen LogP contribution in [0.1, 0.15) is 11.1 Å². The SMILES string of the molecule is COc1ccccc1OCCN1C(=O)S/C(=C\c2cccc(OCC(=O)Nc3ccccc3C)c2)C1=O. The van der Waals surface area contributed by atoms with Crippen molar-refractivity contribution in [2.45, 2.75) is 6.92 Å². The van der Waals surface area contributed by atoms with E-state index in [0.717, 1.165) is 27.9 Å². The molecular formula is C28H26N2O6S. The van der Waals surface area contributed by atoms with Crippen LogP contribution in [0.3, 0.4) is 0 Å². The summed E-state index contributed by atoms with van der Waals surface area (Å²) in [4.78, 5) is 39.0. The van der Waals surface area contributed by atoms with Gasteiger partial charge in [-0.15, -0.1) is 0 Å². The fraction of sp³-hybridized carbons (Fsp3) is 0.179. The molecular weight excluding hydrogens is 492 g/mol. The molecule has 8 nitrogen and oxygen atoms in total. The molecule has 0 atom stereocenters. The van der Waals surface area contributed by atoms with Gasteiger partial charge in [-0.1, -0.05) is 42.5 Å². The molecule has 0 unspecified atom stereocenters. The fourth-order valence-electron chi connectivity index (χ4n) is 3.57. The van der Waals surface area contributed by atoms with Gasteiger partial charge in [0.25, 0.3) is 17.1 Å². The molecule has 0 spiro atoms. The molecule has 9 heteroatoms. The maximum atomic E-state index is 12.8. The summed E-state index contributed by atoms with van der Waals surface area (Å²) in [6, 6.07) is 21.6. The number of methoxy groups -OCH3 is 1. The van der Waals surface area contributed by atoms with Crippen LogP contribution in [0.25, 0.3) is 6.08 Å². The Morgan fingerprint density at radius 1 is 0.973 bits per heavy atom. The molecule has 0 bridgehead atoms. The van der Waals surface area contributed by atoms with Crippen molar-refractivity contribution in [2.24, 2.45) is 0 Å². The molecule has 1 fully saturated rings. The zero-order chi connectivity index (χ0) is 26.2. The van der Waals surface area contributed by atoms with Crippen molar-refractivity contribution in [3.63, 3.8) is 0 Å². The quantitative estimate of drug-likeness (QED) is 0.372. The van der Waals surface area contributed by atoms with E-state index in [1.165, 1.54) is 0 Å². The number of ether oxygens (including phenoxy) is 3. The Morgan fingerprint density at radius 3 is 2.51 bits per heavy atom. The topological polar surface area (TPSA) is 94.2 Å². The van der Waals surface area contributed by atoms with E-state index in [1.54, 1.807) is 49.6 Å². The van der Waals surface area contributed by atoms with Crippen LogP contribution in [-0.2, 0) is 9.59 Å². The number of thioether (sulfide) groups is 1. The minimum absolute atomic E-state index is 0.110. The number of imide groups is 1. The number of hydrogen-bond acceptors (Lipinski definition) is 7. The highest BCUT2D eigenvalue weighted by Gasteiger charge is 2.34. The minimum Gasteiger partial charge on any atom is -0.493 e. The number of carbonyl (C=O) groups is 3. The lowest BCUT2D eigenvalue weighted by molar-refractivity contribution is -0.123. The summed E-state index contributed by atoms with van der Waals surface area (Å²) in [6.07, 6.45) is 1.63. The van der Waals surface area contributed by atoms with Crippen molar-refractivity contribution in [3.8, 4) is 17.2 Å². The monoisotopic (exact) mass is 518 g/mol. The third-order valence-corrected chi connectivity index (χ3v) is 6.37. The van der Waals surface area contributed by atoms with Gasteiger partial charge in [-0.3, -0.25) is 19.3 Å². The van der Waals surface area contributed by atoms with Crippen molar-refractivity contribution >= 4 is 40.6 Å². The van der Waals surface area contributed by atoms with Crippen LogP contribution in [0.15, 0.2) is 77.7 Å². The van der Waals surface area contributed by atoms with E-state index in [1.807, 2.05) is 43.3 Å². The van der Waals surface area contributed by atoms with Gasteiger partial charge in [0, 0.05) is 5.69 Å². The van der Waals surface area contributed by atoms with Crippen LogP contribution in [-0.4, -0.2) is 48.8 Å². The van der Waals surface area contributed by atoms with Gasteiger partial charge in [-0.05, 0) is 66.2 Å². The predicted molar refractivity (Wildman–Crippen MR) is 143 cm³/mol. The first kappa shape index (κ1) is 25.8. The number of amides is 3. The molecule has 190 valence electrons. The molecule has 0 aliphatic carbocycles. The van der Waals surface area contributed by atoms with Crippen molar-refractivity contribution < 1.29 is 28.6 Å². The second-order valence-corrected chi connectivity index (χ2v) is 9.05. The summed E-state index contributed by atoms with van der Waals surface area (Å²) in [7, 11) is 1.55. The number of anilines is 1. The predicted octanol–water partition coefficient (Wildman–Crippen LogP) is 5.14. The van der Waals surface area contributed by atoms with E-state index in [0.29, 0.717) is 27.7 Å². The Hall–Kier alpha value is -4.24. The summed E-state index contributed by atoms with van der Waals surface area (Å²) >= 11 is 0.871. The van der Waals surface area contributed by atoms with E-state index < -0.39 is 0 Å². The first-order valence-electron chi connectivity index (χ1n) is 11.5. The first-order valence-corrected chi connectivity index (χ1v) is 12.4. The average molecular weight is 519 g/mol. The molecule has 1 N–H and O–H groups in total. The largest absolute Gasteiger partial charge is 0.493 e. The number of hydrogen-bond donors (Lipinski definition) is 1. The smallest absolute Gasteiger partial charge is 0.293 e. The average Bonchev–Trinajstić information content (AvgIpc) is 3.16. The maximum Gasteiger partial charge on any atom is 0.293 e. The van der Waals surface area contributed by atoms with Gasteiger partial charge in [0.05, 0.1) is 18.6 Å². The molecule has 3 aromatic rings. The minimum atomic E-state index is -0.387. The standard InChI is InChI=1S/C28H26N2O6S/c1-19-8-3-4-11-22(19)29-26(31)18-36-21-10-7-9-20(16-21)17-25-27(32)30(28(33)37-25)14-15-35-24-13-6-5-12-23(24)34-2/h3-13,16-17H,14-15,18H2,1-2H3,(H,29,31)/b25-17-. The van der Waals surface area contributed by atoms with Gasteiger partial charge < -0.3 is 19.5 Å². The number of nitrogens with one attached hydrogen (secondary N) is 1.